The van der Waals surface area contributed by atoms with E-state index in [1.807, 2.05) is 12.1 Å². The van der Waals surface area contributed by atoms with E-state index in [0.717, 1.165) is 9.99 Å². The molecule has 0 saturated heterocycles. The Balaban J connectivity index is 2.39. The van der Waals surface area contributed by atoms with Crippen molar-refractivity contribution in [2.75, 3.05) is 6.61 Å². The van der Waals surface area contributed by atoms with Crippen LogP contribution in [0, 0.1) is 0 Å². The quantitative estimate of drug-likeness (QED) is 0.738. The minimum atomic E-state index is 0.0239. The molecule has 0 unspecified atom stereocenters. The van der Waals surface area contributed by atoms with E-state index in [0.29, 0.717) is 31.0 Å². The largest absolute Gasteiger partial charge is 0.372 e. The van der Waals surface area contributed by atoms with Gasteiger partial charge in [0, 0.05) is 4.47 Å². The van der Waals surface area contributed by atoms with Crippen LogP contribution >= 0.6 is 15.9 Å². The van der Waals surface area contributed by atoms with Gasteiger partial charge in [-0.05, 0) is 18.2 Å². The van der Waals surface area contributed by atoms with Crippen molar-refractivity contribution in [3.05, 3.63) is 38.9 Å². The van der Waals surface area contributed by atoms with E-state index in [1.165, 1.54) is 0 Å². The summed E-state index contributed by atoms with van der Waals surface area (Å²) in [7, 11) is 0. The van der Waals surface area contributed by atoms with Crippen LogP contribution in [0.3, 0.4) is 0 Å². The summed E-state index contributed by atoms with van der Waals surface area (Å²) in [6, 6.07) is 5.52. The summed E-state index contributed by atoms with van der Waals surface area (Å²) in [6.07, 6.45) is 0. The molecule has 16 heavy (non-hydrogen) atoms. The Morgan fingerprint density at radius 2 is 2.31 bits per heavy atom. The summed E-state index contributed by atoms with van der Waals surface area (Å²) in [5.74, 6) is 0.710. The Kier molecular flexibility index (Phi) is 2.29. The first-order valence-corrected chi connectivity index (χ1v) is 5.82. The second-order valence-electron chi connectivity index (χ2n) is 3.70. The first kappa shape index (κ1) is 9.99. The Bertz CT molecular complexity index is 621. The van der Waals surface area contributed by atoms with E-state index in [9.17, 15) is 4.79 Å². The van der Waals surface area contributed by atoms with E-state index >= 15 is 0 Å². The van der Waals surface area contributed by atoms with Gasteiger partial charge in [-0.15, -0.1) is 0 Å². The average molecular weight is 281 g/mol. The number of rotatable bonds is 0. The van der Waals surface area contributed by atoms with Crippen molar-refractivity contribution in [1.29, 1.82) is 0 Å². The SMILES string of the molecule is O=c1c2ccc(Br)cc2nc2n1CCOC2. The number of hydrogen-bond acceptors (Lipinski definition) is 3. The van der Waals surface area contributed by atoms with Crippen molar-refractivity contribution in [2.24, 2.45) is 0 Å². The molecule has 1 aliphatic heterocycles. The molecular weight excluding hydrogens is 272 g/mol. The van der Waals surface area contributed by atoms with Gasteiger partial charge in [-0.1, -0.05) is 15.9 Å². The molecule has 4 nitrogen and oxygen atoms in total. The van der Waals surface area contributed by atoms with Crippen molar-refractivity contribution >= 4 is 26.8 Å². The maximum absolute atomic E-state index is 12.1. The summed E-state index contributed by atoms with van der Waals surface area (Å²) < 4.78 is 7.91. The monoisotopic (exact) mass is 280 g/mol. The Hall–Kier alpha value is -1.20. The minimum absolute atomic E-state index is 0.0239. The maximum Gasteiger partial charge on any atom is 0.261 e. The predicted octanol–water partition coefficient (Wildman–Crippen LogP) is 1.69. The average Bonchev–Trinajstić information content (AvgIpc) is 2.29. The van der Waals surface area contributed by atoms with Gasteiger partial charge in [0.15, 0.2) is 0 Å². The zero-order chi connectivity index (χ0) is 11.1. The van der Waals surface area contributed by atoms with E-state index in [1.54, 1.807) is 10.6 Å². The highest BCUT2D eigenvalue weighted by Crippen LogP contribution is 2.17. The third-order valence-electron chi connectivity index (χ3n) is 2.69. The Morgan fingerprint density at radius 1 is 1.44 bits per heavy atom. The lowest BCUT2D eigenvalue weighted by molar-refractivity contribution is 0.0788. The molecule has 0 bridgehead atoms. The maximum atomic E-state index is 12.1. The number of benzene rings is 1. The van der Waals surface area contributed by atoms with Crippen LogP contribution in [0.15, 0.2) is 27.5 Å². The fraction of sp³-hybridized carbons (Fsp3) is 0.273. The van der Waals surface area contributed by atoms with Crippen LogP contribution in [-0.4, -0.2) is 16.2 Å². The van der Waals surface area contributed by atoms with Gasteiger partial charge in [-0.3, -0.25) is 9.36 Å². The second kappa shape index (κ2) is 3.68. The lowest BCUT2D eigenvalue weighted by atomic mass is 10.2. The molecule has 2 aromatic rings. The molecule has 1 aliphatic rings. The lowest BCUT2D eigenvalue weighted by Gasteiger charge is -2.18. The van der Waals surface area contributed by atoms with Gasteiger partial charge in [0.25, 0.3) is 5.56 Å². The highest BCUT2D eigenvalue weighted by Gasteiger charge is 2.14. The number of nitrogens with zero attached hydrogens (tertiary/aromatic N) is 2. The van der Waals surface area contributed by atoms with Crippen molar-refractivity contribution in [3.8, 4) is 0 Å². The molecule has 0 aliphatic carbocycles. The van der Waals surface area contributed by atoms with Gasteiger partial charge in [-0.2, -0.15) is 0 Å². The Labute approximate surface area is 100.0 Å². The molecule has 0 fully saturated rings. The molecule has 82 valence electrons. The van der Waals surface area contributed by atoms with Crippen LogP contribution in [0.2, 0.25) is 0 Å². The molecule has 1 aromatic heterocycles. The molecule has 0 saturated carbocycles. The number of hydrogen-bond donors (Lipinski definition) is 0. The van der Waals surface area contributed by atoms with Crippen molar-refractivity contribution in [2.45, 2.75) is 13.2 Å². The summed E-state index contributed by atoms with van der Waals surface area (Å²) in [4.78, 5) is 16.6. The number of halogens is 1. The van der Waals surface area contributed by atoms with Crippen LogP contribution < -0.4 is 5.56 Å². The van der Waals surface area contributed by atoms with Gasteiger partial charge < -0.3 is 4.74 Å². The van der Waals surface area contributed by atoms with Crippen LogP contribution in [0.25, 0.3) is 10.9 Å². The van der Waals surface area contributed by atoms with Crippen LogP contribution in [0.4, 0.5) is 0 Å². The fourth-order valence-corrected chi connectivity index (χ4v) is 2.25. The first-order chi connectivity index (χ1) is 7.75. The molecule has 2 heterocycles. The van der Waals surface area contributed by atoms with E-state index in [4.69, 9.17) is 4.74 Å². The van der Waals surface area contributed by atoms with Crippen LogP contribution in [0.5, 0.6) is 0 Å². The van der Waals surface area contributed by atoms with Gasteiger partial charge in [0.2, 0.25) is 0 Å². The fourth-order valence-electron chi connectivity index (χ4n) is 1.90. The third kappa shape index (κ3) is 1.47. The summed E-state index contributed by atoms with van der Waals surface area (Å²) in [5.41, 5.74) is 0.743. The summed E-state index contributed by atoms with van der Waals surface area (Å²) in [5, 5.41) is 0.661. The molecule has 0 radical (unpaired) electrons. The van der Waals surface area contributed by atoms with Crippen LogP contribution in [0.1, 0.15) is 5.82 Å². The smallest absolute Gasteiger partial charge is 0.261 e. The van der Waals surface area contributed by atoms with E-state index in [2.05, 4.69) is 20.9 Å². The lowest BCUT2D eigenvalue weighted by Crippen LogP contribution is -2.31. The van der Waals surface area contributed by atoms with Gasteiger partial charge in [0.1, 0.15) is 12.4 Å². The van der Waals surface area contributed by atoms with Crippen molar-refractivity contribution < 1.29 is 4.74 Å². The summed E-state index contributed by atoms with van der Waals surface area (Å²) in [6.45, 7) is 1.58. The van der Waals surface area contributed by atoms with E-state index in [-0.39, 0.29) is 5.56 Å². The standard InChI is InChI=1S/C11H9BrN2O2/c12-7-1-2-8-9(5-7)13-10-6-16-4-3-14(10)11(8)15/h1-2,5H,3-4,6H2. The minimum Gasteiger partial charge on any atom is -0.372 e. The van der Waals surface area contributed by atoms with E-state index < -0.39 is 0 Å². The molecule has 5 heteroatoms. The zero-order valence-corrected chi connectivity index (χ0v) is 10.0. The van der Waals surface area contributed by atoms with Gasteiger partial charge >= 0.3 is 0 Å². The Morgan fingerprint density at radius 3 is 3.19 bits per heavy atom. The summed E-state index contributed by atoms with van der Waals surface area (Å²) >= 11 is 3.37. The first-order valence-electron chi connectivity index (χ1n) is 5.02. The molecule has 0 N–H and O–H groups in total. The zero-order valence-electron chi connectivity index (χ0n) is 8.44. The van der Waals surface area contributed by atoms with Crippen molar-refractivity contribution in [3.63, 3.8) is 0 Å². The number of ether oxygens (including phenoxy) is 1. The molecule has 0 amide bonds. The number of aromatic nitrogens is 2. The van der Waals surface area contributed by atoms with Crippen LogP contribution in [-0.2, 0) is 17.9 Å². The van der Waals surface area contributed by atoms with Crippen molar-refractivity contribution in [1.82, 2.24) is 9.55 Å². The topological polar surface area (TPSA) is 44.1 Å². The molecule has 0 spiro atoms. The molecule has 0 atom stereocenters. The van der Waals surface area contributed by atoms with Gasteiger partial charge in [0.05, 0.1) is 24.1 Å². The second-order valence-corrected chi connectivity index (χ2v) is 4.61. The molecular formula is C11H9BrN2O2. The highest BCUT2D eigenvalue weighted by atomic mass is 79.9. The number of fused-ring (bicyclic) bond motifs is 2. The predicted molar refractivity (Wildman–Crippen MR) is 63.4 cm³/mol. The molecule has 1 aromatic carbocycles. The normalized spacial score (nSPS) is 15.1. The third-order valence-corrected chi connectivity index (χ3v) is 3.18. The van der Waals surface area contributed by atoms with Gasteiger partial charge in [-0.25, -0.2) is 4.98 Å². The highest BCUT2D eigenvalue weighted by molar-refractivity contribution is 9.10. The molecule has 3 rings (SSSR count).